The van der Waals surface area contributed by atoms with Crippen LogP contribution < -0.4 is 10.1 Å². The lowest BCUT2D eigenvalue weighted by Crippen LogP contribution is -2.12. The second-order valence-electron chi connectivity index (χ2n) is 5.31. The van der Waals surface area contributed by atoms with Gasteiger partial charge in [-0.2, -0.15) is 10.2 Å². The molecule has 0 radical (unpaired) electrons. The van der Waals surface area contributed by atoms with Gasteiger partial charge >= 0.3 is 0 Å². The number of thiazole rings is 1. The summed E-state index contributed by atoms with van der Waals surface area (Å²) in [7, 11) is 0. The first-order chi connectivity index (χ1) is 11.6. The van der Waals surface area contributed by atoms with Crippen molar-refractivity contribution in [3.8, 4) is 17.0 Å². The summed E-state index contributed by atoms with van der Waals surface area (Å²) in [4.78, 5) is 16.5. The standard InChI is InChI=1S/C17H16N4O2S/c1-11(2)23-14-5-3-12(4-6-14)15-10-24-17(20-15)21-16(22)13-7-8-18-19-9-13/h3-11H,1-2H3,(H,20,21,22). The molecule has 0 aliphatic carbocycles. The van der Waals surface area contributed by atoms with E-state index < -0.39 is 0 Å². The van der Waals surface area contributed by atoms with Crippen LogP contribution in [-0.2, 0) is 0 Å². The lowest BCUT2D eigenvalue weighted by Gasteiger charge is -2.09. The van der Waals surface area contributed by atoms with E-state index in [9.17, 15) is 4.79 Å². The summed E-state index contributed by atoms with van der Waals surface area (Å²) in [5, 5.41) is 12.5. The van der Waals surface area contributed by atoms with Gasteiger partial charge in [0, 0.05) is 10.9 Å². The summed E-state index contributed by atoms with van der Waals surface area (Å²) >= 11 is 1.37. The molecular weight excluding hydrogens is 324 g/mol. The summed E-state index contributed by atoms with van der Waals surface area (Å²) < 4.78 is 5.63. The average molecular weight is 340 g/mol. The van der Waals surface area contributed by atoms with Gasteiger partial charge in [-0.25, -0.2) is 4.98 Å². The fourth-order valence-corrected chi connectivity index (χ4v) is 2.75. The van der Waals surface area contributed by atoms with Crippen LogP contribution in [0.3, 0.4) is 0 Å². The third kappa shape index (κ3) is 3.94. The van der Waals surface area contributed by atoms with Gasteiger partial charge in [0.2, 0.25) is 0 Å². The third-order valence-corrected chi connectivity index (χ3v) is 3.85. The number of amides is 1. The molecule has 0 atom stereocenters. The van der Waals surface area contributed by atoms with Gasteiger partial charge in [-0.1, -0.05) is 0 Å². The highest BCUT2D eigenvalue weighted by Crippen LogP contribution is 2.27. The lowest BCUT2D eigenvalue weighted by atomic mass is 10.2. The summed E-state index contributed by atoms with van der Waals surface area (Å²) in [5.41, 5.74) is 2.21. The Bertz CT molecular complexity index is 816. The number of hydrogen-bond donors (Lipinski definition) is 1. The minimum Gasteiger partial charge on any atom is -0.491 e. The zero-order valence-corrected chi connectivity index (χ0v) is 14.1. The number of rotatable bonds is 5. The van der Waals surface area contributed by atoms with Crippen LogP contribution in [0.2, 0.25) is 0 Å². The molecule has 0 aliphatic heterocycles. The molecule has 0 unspecified atom stereocenters. The van der Waals surface area contributed by atoms with Crippen LogP contribution >= 0.6 is 11.3 Å². The van der Waals surface area contributed by atoms with Gasteiger partial charge in [0.1, 0.15) is 5.75 Å². The largest absolute Gasteiger partial charge is 0.491 e. The number of benzene rings is 1. The predicted octanol–water partition coefficient (Wildman–Crippen LogP) is 3.64. The smallest absolute Gasteiger partial charge is 0.259 e. The molecule has 0 saturated heterocycles. The normalized spacial score (nSPS) is 10.6. The van der Waals surface area contributed by atoms with Crippen molar-refractivity contribution in [1.29, 1.82) is 0 Å². The second-order valence-corrected chi connectivity index (χ2v) is 6.17. The number of nitrogens with one attached hydrogen (secondary N) is 1. The number of ether oxygens (including phenoxy) is 1. The van der Waals surface area contributed by atoms with E-state index in [1.54, 1.807) is 6.07 Å². The Morgan fingerprint density at radius 3 is 2.62 bits per heavy atom. The monoisotopic (exact) mass is 340 g/mol. The van der Waals surface area contributed by atoms with Crippen LogP contribution in [0.25, 0.3) is 11.3 Å². The van der Waals surface area contributed by atoms with E-state index in [0.717, 1.165) is 17.0 Å². The number of nitrogens with zero attached hydrogens (tertiary/aromatic N) is 3. The Hall–Kier alpha value is -2.80. The van der Waals surface area contributed by atoms with Gasteiger partial charge in [-0.3, -0.25) is 10.1 Å². The van der Waals surface area contributed by atoms with Gasteiger partial charge in [-0.15, -0.1) is 11.3 Å². The molecule has 3 rings (SSSR count). The zero-order valence-electron chi connectivity index (χ0n) is 13.3. The van der Waals surface area contributed by atoms with Crippen molar-refractivity contribution in [3.05, 3.63) is 53.7 Å². The van der Waals surface area contributed by atoms with Gasteiger partial charge in [0.25, 0.3) is 5.91 Å². The highest BCUT2D eigenvalue weighted by atomic mass is 32.1. The summed E-state index contributed by atoms with van der Waals surface area (Å²) in [6.45, 7) is 3.98. The Balaban J connectivity index is 1.70. The van der Waals surface area contributed by atoms with Crippen LogP contribution in [0.5, 0.6) is 5.75 Å². The summed E-state index contributed by atoms with van der Waals surface area (Å²) in [6.07, 6.45) is 3.03. The van der Waals surface area contributed by atoms with Crippen molar-refractivity contribution in [2.75, 3.05) is 5.32 Å². The van der Waals surface area contributed by atoms with E-state index in [1.165, 1.54) is 23.7 Å². The van der Waals surface area contributed by atoms with Crippen molar-refractivity contribution < 1.29 is 9.53 Å². The Morgan fingerprint density at radius 2 is 1.96 bits per heavy atom. The molecule has 24 heavy (non-hydrogen) atoms. The van der Waals surface area contributed by atoms with Crippen molar-refractivity contribution in [1.82, 2.24) is 15.2 Å². The lowest BCUT2D eigenvalue weighted by molar-refractivity contribution is 0.102. The number of carbonyl (C=O) groups excluding carboxylic acids is 1. The number of aromatic nitrogens is 3. The number of hydrogen-bond acceptors (Lipinski definition) is 6. The highest BCUT2D eigenvalue weighted by molar-refractivity contribution is 7.14. The predicted molar refractivity (Wildman–Crippen MR) is 93.3 cm³/mol. The van der Waals surface area contributed by atoms with Crippen LogP contribution in [0.1, 0.15) is 24.2 Å². The van der Waals surface area contributed by atoms with Gasteiger partial charge < -0.3 is 4.74 Å². The molecule has 3 aromatic rings. The summed E-state index contributed by atoms with van der Waals surface area (Å²) in [5.74, 6) is 0.564. The molecule has 0 fully saturated rings. The molecule has 0 aliphatic rings. The first-order valence-corrected chi connectivity index (χ1v) is 8.30. The molecule has 2 aromatic heterocycles. The molecule has 2 heterocycles. The summed E-state index contributed by atoms with van der Waals surface area (Å²) in [6, 6.07) is 9.33. The van der Waals surface area contributed by atoms with E-state index in [1.807, 2.05) is 43.5 Å². The van der Waals surface area contributed by atoms with Crippen LogP contribution in [0.15, 0.2) is 48.1 Å². The maximum absolute atomic E-state index is 12.1. The van der Waals surface area contributed by atoms with Gasteiger partial charge in [-0.05, 0) is 44.2 Å². The number of carbonyl (C=O) groups is 1. The molecule has 0 bridgehead atoms. The number of anilines is 1. The quantitative estimate of drug-likeness (QED) is 0.767. The van der Waals surface area contributed by atoms with Crippen molar-refractivity contribution in [3.63, 3.8) is 0 Å². The molecule has 1 N–H and O–H groups in total. The maximum Gasteiger partial charge on any atom is 0.259 e. The molecule has 1 aromatic carbocycles. The molecule has 1 amide bonds. The molecule has 122 valence electrons. The fraction of sp³-hybridized carbons (Fsp3) is 0.176. The molecule has 0 spiro atoms. The minimum atomic E-state index is -0.258. The maximum atomic E-state index is 12.1. The Labute approximate surface area is 143 Å². The van der Waals surface area contributed by atoms with E-state index in [4.69, 9.17) is 4.74 Å². The zero-order chi connectivity index (χ0) is 16.9. The van der Waals surface area contributed by atoms with E-state index in [2.05, 4.69) is 20.5 Å². The van der Waals surface area contributed by atoms with Crippen LogP contribution in [0.4, 0.5) is 5.13 Å². The molecular formula is C17H16N4O2S. The SMILES string of the molecule is CC(C)Oc1ccc(-c2csc(NC(=O)c3ccnnc3)n2)cc1. The second kappa shape index (κ2) is 7.18. The van der Waals surface area contributed by atoms with Crippen LogP contribution in [-0.4, -0.2) is 27.2 Å². The highest BCUT2D eigenvalue weighted by Gasteiger charge is 2.10. The third-order valence-electron chi connectivity index (χ3n) is 3.09. The fourth-order valence-electron chi connectivity index (χ4n) is 2.03. The Kier molecular flexibility index (Phi) is 4.81. The van der Waals surface area contributed by atoms with Crippen LogP contribution in [0, 0.1) is 0 Å². The first kappa shape index (κ1) is 16.1. The molecule has 6 nitrogen and oxygen atoms in total. The molecule has 7 heteroatoms. The first-order valence-electron chi connectivity index (χ1n) is 7.42. The average Bonchev–Trinajstić information content (AvgIpc) is 3.04. The van der Waals surface area contributed by atoms with E-state index >= 15 is 0 Å². The van der Waals surface area contributed by atoms with Crippen molar-refractivity contribution in [2.45, 2.75) is 20.0 Å². The van der Waals surface area contributed by atoms with Crippen molar-refractivity contribution >= 4 is 22.4 Å². The van der Waals surface area contributed by atoms with E-state index in [0.29, 0.717) is 10.7 Å². The van der Waals surface area contributed by atoms with Crippen molar-refractivity contribution in [2.24, 2.45) is 0 Å². The van der Waals surface area contributed by atoms with Gasteiger partial charge in [0.15, 0.2) is 5.13 Å². The minimum absolute atomic E-state index is 0.139. The Morgan fingerprint density at radius 1 is 1.17 bits per heavy atom. The topological polar surface area (TPSA) is 77.0 Å². The van der Waals surface area contributed by atoms with Gasteiger partial charge in [0.05, 0.1) is 29.8 Å². The van der Waals surface area contributed by atoms with E-state index in [-0.39, 0.29) is 12.0 Å². The molecule has 0 saturated carbocycles.